The average Bonchev–Trinajstić information content (AvgIpc) is 2.17. The molecule has 1 aromatic carbocycles. The topological polar surface area (TPSA) is 38.0 Å². The maximum Gasteiger partial charge on any atom is 0.0178 e. The Morgan fingerprint density at radius 1 is 1.50 bits per heavy atom. The van der Waals surface area contributed by atoms with Crippen LogP contribution in [0.5, 0.6) is 0 Å². The minimum absolute atomic E-state index is 0.405. The number of halogens is 1. The van der Waals surface area contributed by atoms with Crippen molar-refractivity contribution < 1.29 is 0 Å². The summed E-state index contributed by atoms with van der Waals surface area (Å²) in [6.07, 6.45) is 1.05. The van der Waals surface area contributed by atoms with E-state index < -0.39 is 0 Å². The van der Waals surface area contributed by atoms with E-state index in [1.807, 2.05) is 6.07 Å². The Bertz CT molecular complexity index is 276. The molecule has 1 atom stereocenters. The second-order valence-corrected chi connectivity index (χ2v) is 4.39. The maximum absolute atomic E-state index is 5.51. The highest BCUT2D eigenvalue weighted by atomic mass is 79.9. The van der Waals surface area contributed by atoms with Crippen molar-refractivity contribution in [1.29, 1.82) is 0 Å². The Morgan fingerprint density at radius 2 is 2.29 bits per heavy atom. The number of rotatable bonds is 5. The fraction of sp³-hybridized carbons (Fsp3) is 0.455. The Morgan fingerprint density at radius 3 is 2.93 bits per heavy atom. The predicted octanol–water partition coefficient (Wildman–Crippen LogP) is 1.93. The lowest BCUT2D eigenvalue weighted by atomic mass is 10.1. The Hall–Kier alpha value is -0.380. The van der Waals surface area contributed by atoms with E-state index in [-0.39, 0.29) is 0 Å². The molecule has 0 radical (unpaired) electrons. The SMILES string of the molecule is CC(CN)NCCc1cccc(Br)c1. The highest BCUT2D eigenvalue weighted by Crippen LogP contribution is 2.11. The lowest BCUT2D eigenvalue weighted by molar-refractivity contribution is 0.559. The number of benzene rings is 1. The average molecular weight is 257 g/mol. The minimum atomic E-state index is 0.405. The van der Waals surface area contributed by atoms with Crippen LogP contribution in [0.15, 0.2) is 28.7 Å². The molecule has 0 aliphatic heterocycles. The molecule has 3 N–H and O–H groups in total. The molecule has 0 saturated carbocycles. The van der Waals surface area contributed by atoms with Crippen molar-refractivity contribution in [1.82, 2.24) is 5.32 Å². The standard InChI is InChI=1S/C11H17BrN2/c1-9(8-13)14-6-5-10-3-2-4-11(12)7-10/h2-4,7,9,14H,5-6,8,13H2,1H3. The zero-order chi connectivity index (χ0) is 10.4. The highest BCUT2D eigenvalue weighted by molar-refractivity contribution is 9.10. The second-order valence-electron chi connectivity index (χ2n) is 3.47. The first-order valence-electron chi connectivity index (χ1n) is 4.90. The summed E-state index contributed by atoms with van der Waals surface area (Å²) < 4.78 is 1.14. The molecule has 0 fully saturated rings. The summed E-state index contributed by atoms with van der Waals surface area (Å²) in [6.45, 7) is 3.77. The molecule has 2 nitrogen and oxygen atoms in total. The third-order valence-electron chi connectivity index (χ3n) is 2.15. The summed E-state index contributed by atoms with van der Waals surface area (Å²) in [7, 11) is 0. The van der Waals surface area contributed by atoms with E-state index in [1.165, 1.54) is 5.56 Å². The van der Waals surface area contributed by atoms with Gasteiger partial charge >= 0.3 is 0 Å². The van der Waals surface area contributed by atoms with Gasteiger partial charge in [-0.1, -0.05) is 28.1 Å². The molecular weight excluding hydrogens is 240 g/mol. The largest absolute Gasteiger partial charge is 0.329 e. The van der Waals surface area contributed by atoms with Crippen molar-refractivity contribution >= 4 is 15.9 Å². The number of hydrogen-bond acceptors (Lipinski definition) is 2. The van der Waals surface area contributed by atoms with Gasteiger partial charge in [-0.2, -0.15) is 0 Å². The van der Waals surface area contributed by atoms with Crippen molar-refractivity contribution in [2.45, 2.75) is 19.4 Å². The van der Waals surface area contributed by atoms with Gasteiger partial charge in [0.25, 0.3) is 0 Å². The van der Waals surface area contributed by atoms with Crippen LogP contribution in [-0.2, 0) is 6.42 Å². The van der Waals surface area contributed by atoms with Crippen molar-refractivity contribution in [2.75, 3.05) is 13.1 Å². The molecule has 1 unspecified atom stereocenters. The molecule has 0 aliphatic carbocycles. The monoisotopic (exact) mass is 256 g/mol. The third kappa shape index (κ3) is 4.22. The van der Waals surface area contributed by atoms with Crippen LogP contribution >= 0.6 is 15.9 Å². The normalized spacial score (nSPS) is 12.8. The van der Waals surface area contributed by atoms with E-state index in [0.717, 1.165) is 17.4 Å². The molecule has 0 heterocycles. The quantitative estimate of drug-likeness (QED) is 0.845. The zero-order valence-corrected chi connectivity index (χ0v) is 10.0. The molecule has 1 rings (SSSR count). The minimum Gasteiger partial charge on any atom is -0.329 e. The van der Waals surface area contributed by atoms with E-state index in [1.54, 1.807) is 0 Å². The Kier molecular flexibility index (Phi) is 5.15. The molecule has 3 heteroatoms. The molecule has 14 heavy (non-hydrogen) atoms. The lowest BCUT2D eigenvalue weighted by Crippen LogP contribution is -2.34. The van der Waals surface area contributed by atoms with Crippen LogP contribution in [0.1, 0.15) is 12.5 Å². The van der Waals surface area contributed by atoms with Crippen molar-refractivity contribution in [3.05, 3.63) is 34.3 Å². The molecule has 0 spiro atoms. The predicted molar refractivity (Wildman–Crippen MR) is 64.4 cm³/mol. The van der Waals surface area contributed by atoms with Gasteiger partial charge in [0.15, 0.2) is 0 Å². The van der Waals surface area contributed by atoms with E-state index in [9.17, 15) is 0 Å². The van der Waals surface area contributed by atoms with E-state index in [4.69, 9.17) is 5.73 Å². The van der Waals surface area contributed by atoms with Crippen LogP contribution in [-0.4, -0.2) is 19.1 Å². The van der Waals surface area contributed by atoms with Gasteiger partial charge in [-0.25, -0.2) is 0 Å². The first-order chi connectivity index (χ1) is 6.72. The van der Waals surface area contributed by atoms with Gasteiger partial charge in [0, 0.05) is 17.1 Å². The fourth-order valence-electron chi connectivity index (χ4n) is 1.24. The van der Waals surface area contributed by atoms with Gasteiger partial charge in [0.1, 0.15) is 0 Å². The number of hydrogen-bond donors (Lipinski definition) is 2. The van der Waals surface area contributed by atoms with Gasteiger partial charge < -0.3 is 11.1 Å². The van der Waals surface area contributed by atoms with E-state index in [2.05, 4.69) is 46.4 Å². The summed E-state index contributed by atoms with van der Waals surface area (Å²) in [5, 5.41) is 3.36. The zero-order valence-electron chi connectivity index (χ0n) is 8.46. The summed E-state index contributed by atoms with van der Waals surface area (Å²) in [5.41, 5.74) is 6.85. The maximum atomic E-state index is 5.51. The molecule has 0 saturated heterocycles. The van der Waals surface area contributed by atoms with Crippen LogP contribution in [0.25, 0.3) is 0 Å². The summed E-state index contributed by atoms with van der Waals surface area (Å²) in [6, 6.07) is 8.79. The van der Waals surface area contributed by atoms with Gasteiger partial charge in [0.05, 0.1) is 0 Å². The lowest BCUT2D eigenvalue weighted by Gasteiger charge is -2.10. The highest BCUT2D eigenvalue weighted by Gasteiger charge is 1.97. The second kappa shape index (κ2) is 6.17. The van der Waals surface area contributed by atoms with Crippen LogP contribution in [0.4, 0.5) is 0 Å². The third-order valence-corrected chi connectivity index (χ3v) is 2.64. The van der Waals surface area contributed by atoms with Gasteiger partial charge in [-0.05, 0) is 37.6 Å². The van der Waals surface area contributed by atoms with Gasteiger partial charge in [-0.3, -0.25) is 0 Å². The van der Waals surface area contributed by atoms with Crippen molar-refractivity contribution in [3.63, 3.8) is 0 Å². The number of nitrogens with one attached hydrogen (secondary N) is 1. The molecular formula is C11H17BrN2. The molecule has 1 aromatic rings. The molecule has 0 aromatic heterocycles. The van der Waals surface area contributed by atoms with Crippen molar-refractivity contribution in [2.24, 2.45) is 5.73 Å². The molecule has 78 valence electrons. The van der Waals surface area contributed by atoms with Crippen LogP contribution < -0.4 is 11.1 Å². The molecule has 0 amide bonds. The van der Waals surface area contributed by atoms with Crippen LogP contribution in [0, 0.1) is 0 Å². The van der Waals surface area contributed by atoms with Crippen LogP contribution in [0.3, 0.4) is 0 Å². The number of nitrogens with two attached hydrogens (primary N) is 1. The summed E-state index contributed by atoms with van der Waals surface area (Å²) in [4.78, 5) is 0. The van der Waals surface area contributed by atoms with E-state index in [0.29, 0.717) is 12.6 Å². The van der Waals surface area contributed by atoms with Crippen molar-refractivity contribution in [3.8, 4) is 0 Å². The molecule has 0 aliphatic rings. The molecule has 0 bridgehead atoms. The Balaban J connectivity index is 2.31. The summed E-state index contributed by atoms with van der Waals surface area (Å²) in [5.74, 6) is 0. The van der Waals surface area contributed by atoms with Gasteiger partial charge in [-0.15, -0.1) is 0 Å². The first-order valence-corrected chi connectivity index (χ1v) is 5.69. The summed E-state index contributed by atoms with van der Waals surface area (Å²) >= 11 is 3.46. The van der Waals surface area contributed by atoms with Gasteiger partial charge in [0.2, 0.25) is 0 Å². The van der Waals surface area contributed by atoms with Crippen LogP contribution in [0.2, 0.25) is 0 Å². The smallest absolute Gasteiger partial charge is 0.0178 e. The Labute approximate surface area is 94.0 Å². The first kappa shape index (κ1) is 11.7. The fourth-order valence-corrected chi connectivity index (χ4v) is 1.69. The van der Waals surface area contributed by atoms with E-state index >= 15 is 0 Å².